The first-order valence-corrected chi connectivity index (χ1v) is 4.39. The van der Waals surface area contributed by atoms with E-state index in [1.54, 1.807) is 0 Å². The molecular weight excluding hydrogens is 195 g/mol. The Labute approximate surface area is 81.6 Å². The fourth-order valence-corrected chi connectivity index (χ4v) is 1.51. The van der Waals surface area contributed by atoms with E-state index in [0.717, 1.165) is 12.0 Å². The standard InChI is InChI=1S/C8H10Cl2N2/c1-2-5-3-4-6(12-11)8(10)7(5)9/h3-4,12H,2,11H2,1H3. The summed E-state index contributed by atoms with van der Waals surface area (Å²) in [4.78, 5) is 0. The first kappa shape index (κ1) is 9.65. The molecule has 0 saturated heterocycles. The molecule has 0 saturated carbocycles. The van der Waals surface area contributed by atoms with Crippen molar-refractivity contribution in [2.75, 3.05) is 5.43 Å². The first-order valence-electron chi connectivity index (χ1n) is 3.64. The van der Waals surface area contributed by atoms with Gasteiger partial charge in [0.05, 0.1) is 15.7 Å². The Morgan fingerprint density at radius 1 is 1.33 bits per heavy atom. The topological polar surface area (TPSA) is 38.0 Å². The molecule has 66 valence electrons. The summed E-state index contributed by atoms with van der Waals surface area (Å²) in [6, 6.07) is 3.72. The predicted octanol–water partition coefficient (Wildman–Crippen LogP) is 2.84. The van der Waals surface area contributed by atoms with Gasteiger partial charge in [0.2, 0.25) is 0 Å². The minimum atomic E-state index is 0.485. The molecule has 0 aliphatic heterocycles. The Balaban J connectivity index is 3.20. The van der Waals surface area contributed by atoms with Crippen molar-refractivity contribution in [1.82, 2.24) is 0 Å². The van der Waals surface area contributed by atoms with Crippen LogP contribution in [0.15, 0.2) is 12.1 Å². The van der Waals surface area contributed by atoms with Gasteiger partial charge >= 0.3 is 0 Å². The van der Waals surface area contributed by atoms with Crippen molar-refractivity contribution < 1.29 is 0 Å². The molecule has 1 aromatic carbocycles. The normalized spacial score (nSPS) is 10.0. The molecule has 0 spiro atoms. The molecule has 0 unspecified atom stereocenters. The quantitative estimate of drug-likeness (QED) is 0.575. The van der Waals surface area contributed by atoms with Crippen LogP contribution >= 0.6 is 23.2 Å². The molecule has 0 amide bonds. The average molecular weight is 205 g/mol. The highest BCUT2D eigenvalue weighted by molar-refractivity contribution is 6.44. The molecule has 1 rings (SSSR count). The second-order valence-electron chi connectivity index (χ2n) is 2.40. The van der Waals surface area contributed by atoms with Gasteiger partial charge < -0.3 is 5.43 Å². The Morgan fingerprint density at radius 2 is 2.00 bits per heavy atom. The maximum absolute atomic E-state index is 5.95. The van der Waals surface area contributed by atoms with Gasteiger partial charge in [0, 0.05) is 0 Å². The summed E-state index contributed by atoms with van der Waals surface area (Å²) < 4.78 is 0. The fraction of sp³-hybridized carbons (Fsp3) is 0.250. The third-order valence-electron chi connectivity index (χ3n) is 1.70. The Hall–Kier alpha value is -0.440. The van der Waals surface area contributed by atoms with Gasteiger partial charge in [-0.2, -0.15) is 0 Å². The van der Waals surface area contributed by atoms with Crippen LogP contribution < -0.4 is 11.3 Å². The van der Waals surface area contributed by atoms with Gasteiger partial charge in [-0.1, -0.05) is 36.2 Å². The SMILES string of the molecule is CCc1ccc(NN)c(Cl)c1Cl. The van der Waals surface area contributed by atoms with E-state index in [4.69, 9.17) is 29.0 Å². The lowest BCUT2D eigenvalue weighted by Crippen LogP contribution is -2.07. The van der Waals surface area contributed by atoms with Crippen LogP contribution in [0.3, 0.4) is 0 Å². The first-order chi connectivity index (χ1) is 5.70. The van der Waals surface area contributed by atoms with Gasteiger partial charge in [0.25, 0.3) is 0 Å². The minimum Gasteiger partial charge on any atom is -0.323 e. The molecule has 3 N–H and O–H groups in total. The van der Waals surface area contributed by atoms with E-state index >= 15 is 0 Å². The highest BCUT2D eigenvalue weighted by Gasteiger charge is 2.06. The second kappa shape index (κ2) is 3.99. The largest absolute Gasteiger partial charge is 0.323 e. The van der Waals surface area contributed by atoms with Crippen molar-refractivity contribution in [3.8, 4) is 0 Å². The van der Waals surface area contributed by atoms with Crippen LogP contribution in [0.25, 0.3) is 0 Å². The van der Waals surface area contributed by atoms with Crippen molar-refractivity contribution in [3.05, 3.63) is 27.7 Å². The Kier molecular flexibility index (Phi) is 3.20. The van der Waals surface area contributed by atoms with Crippen LogP contribution in [0.5, 0.6) is 0 Å². The number of anilines is 1. The van der Waals surface area contributed by atoms with E-state index in [-0.39, 0.29) is 0 Å². The number of rotatable bonds is 2. The number of nitrogens with one attached hydrogen (secondary N) is 1. The molecule has 0 bridgehead atoms. The number of hydrazine groups is 1. The fourth-order valence-electron chi connectivity index (χ4n) is 0.974. The Bertz CT molecular complexity index is 258. The monoisotopic (exact) mass is 204 g/mol. The van der Waals surface area contributed by atoms with Crippen LogP contribution in [0, 0.1) is 0 Å². The van der Waals surface area contributed by atoms with Crippen molar-refractivity contribution >= 4 is 28.9 Å². The van der Waals surface area contributed by atoms with Gasteiger partial charge in [-0.05, 0) is 18.1 Å². The number of hydrogen-bond donors (Lipinski definition) is 2. The molecule has 12 heavy (non-hydrogen) atoms. The molecule has 0 radical (unpaired) electrons. The van der Waals surface area contributed by atoms with E-state index < -0.39 is 0 Å². The smallest absolute Gasteiger partial charge is 0.0839 e. The second-order valence-corrected chi connectivity index (χ2v) is 3.15. The maximum atomic E-state index is 5.95. The van der Waals surface area contributed by atoms with Crippen LogP contribution in [0.4, 0.5) is 5.69 Å². The lowest BCUT2D eigenvalue weighted by atomic mass is 10.1. The molecule has 0 heterocycles. The molecule has 1 aromatic rings. The molecule has 0 atom stereocenters. The van der Waals surface area contributed by atoms with Crippen molar-refractivity contribution in [2.45, 2.75) is 13.3 Å². The third kappa shape index (κ3) is 1.66. The van der Waals surface area contributed by atoms with Gasteiger partial charge in [0.1, 0.15) is 0 Å². The summed E-state index contributed by atoms with van der Waals surface area (Å²) in [6.07, 6.45) is 0.864. The maximum Gasteiger partial charge on any atom is 0.0839 e. The van der Waals surface area contributed by atoms with E-state index in [1.807, 2.05) is 19.1 Å². The molecular formula is C8H10Cl2N2. The molecule has 0 aromatic heterocycles. The van der Waals surface area contributed by atoms with Gasteiger partial charge in [-0.15, -0.1) is 0 Å². The van der Waals surface area contributed by atoms with Crippen molar-refractivity contribution in [1.29, 1.82) is 0 Å². The lowest BCUT2D eigenvalue weighted by molar-refractivity contribution is 1.14. The highest BCUT2D eigenvalue weighted by atomic mass is 35.5. The summed E-state index contributed by atoms with van der Waals surface area (Å²) in [5, 5.41) is 1.06. The van der Waals surface area contributed by atoms with Crippen molar-refractivity contribution in [3.63, 3.8) is 0 Å². The lowest BCUT2D eigenvalue weighted by Gasteiger charge is -2.07. The number of nitrogen functional groups attached to an aromatic ring is 1. The van der Waals surface area contributed by atoms with Gasteiger partial charge in [-0.3, -0.25) is 5.84 Å². The number of benzene rings is 1. The predicted molar refractivity (Wildman–Crippen MR) is 53.7 cm³/mol. The highest BCUT2D eigenvalue weighted by Crippen LogP contribution is 2.32. The van der Waals surface area contributed by atoms with E-state index in [1.165, 1.54) is 0 Å². The molecule has 4 heteroatoms. The van der Waals surface area contributed by atoms with Crippen LogP contribution in [0.2, 0.25) is 10.0 Å². The summed E-state index contributed by atoms with van der Waals surface area (Å²) in [7, 11) is 0. The van der Waals surface area contributed by atoms with Gasteiger partial charge in [0.15, 0.2) is 0 Å². The molecule has 0 fully saturated rings. The molecule has 2 nitrogen and oxygen atoms in total. The summed E-state index contributed by atoms with van der Waals surface area (Å²) in [6.45, 7) is 2.02. The number of hydrogen-bond acceptors (Lipinski definition) is 2. The van der Waals surface area contributed by atoms with Gasteiger partial charge in [-0.25, -0.2) is 0 Å². The van der Waals surface area contributed by atoms with E-state index in [0.29, 0.717) is 15.7 Å². The third-order valence-corrected chi connectivity index (χ3v) is 2.62. The average Bonchev–Trinajstić information content (AvgIpc) is 2.10. The number of nitrogens with two attached hydrogens (primary N) is 1. The zero-order valence-corrected chi connectivity index (χ0v) is 8.21. The minimum absolute atomic E-state index is 0.485. The van der Waals surface area contributed by atoms with Crippen LogP contribution in [0.1, 0.15) is 12.5 Å². The number of halogens is 2. The molecule has 0 aliphatic rings. The summed E-state index contributed by atoms with van der Waals surface area (Å²) in [5.74, 6) is 5.22. The Morgan fingerprint density at radius 3 is 2.50 bits per heavy atom. The van der Waals surface area contributed by atoms with E-state index in [9.17, 15) is 0 Å². The zero-order valence-electron chi connectivity index (χ0n) is 6.70. The zero-order chi connectivity index (χ0) is 9.14. The molecule has 0 aliphatic carbocycles. The number of aryl methyl sites for hydroxylation is 1. The summed E-state index contributed by atoms with van der Waals surface area (Å²) in [5.41, 5.74) is 4.15. The van der Waals surface area contributed by atoms with Crippen LogP contribution in [-0.2, 0) is 6.42 Å². The summed E-state index contributed by atoms with van der Waals surface area (Å²) >= 11 is 11.9. The van der Waals surface area contributed by atoms with Crippen LogP contribution in [-0.4, -0.2) is 0 Å². The van der Waals surface area contributed by atoms with Crippen molar-refractivity contribution in [2.24, 2.45) is 5.84 Å². The van der Waals surface area contributed by atoms with E-state index in [2.05, 4.69) is 5.43 Å².